The predicted octanol–water partition coefficient (Wildman–Crippen LogP) is 2.26. The Balaban J connectivity index is 2.98. The maximum atomic E-state index is 11.7. The first-order chi connectivity index (χ1) is 7.41. The Bertz CT molecular complexity index is 660. The number of aryl methyl sites for hydroxylation is 2. The Morgan fingerprint density at radius 3 is 2.38 bits per heavy atom. The first-order valence-electron chi connectivity index (χ1n) is 4.97. The first-order valence-corrected chi connectivity index (χ1v) is 6.86. The van der Waals surface area contributed by atoms with Gasteiger partial charge in [-0.25, -0.2) is 8.42 Å². The van der Waals surface area contributed by atoms with Crippen molar-refractivity contribution in [3.05, 3.63) is 35.5 Å². The zero-order chi connectivity index (χ0) is 11.9. The van der Waals surface area contributed by atoms with Crippen molar-refractivity contribution >= 4 is 20.7 Å². The molecule has 0 spiro atoms. The Labute approximate surface area is 95.1 Å². The molecule has 0 unspecified atom stereocenters. The standard InChI is InChI=1S/C12H13NO2S/c1-8-10-6-4-5-7-11(10)13-9(2)12(8)16(3,14)15/h4-7H,1-3H3. The summed E-state index contributed by atoms with van der Waals surface area (Å²) < 4.78 is 23.4. The van der Waals surface area contributed by atoms with Crippen molar-refractivity contribution in [1.82, 2.24) is 4.98 Å². The van der Waals surface area contributed by atoms with Crippen LogP contribution in [0.2, 0.25) is 0 Å². The molecule has 0 aliphatic rings. The van der Waals surface area contributed by atoms with Gasteiger partial charge in [0.25, 0.3) is 0 Å². The summed E-state index contributed by atoms with van der Waals surface area (Å²) in [6, 6.07) is 7.57. The first kappa shape index (κ1) is 11.1. The summed E-state index contributed by atoms with van der Waals surface area (Å²) >= 11 is 0. The SMILES string of the molecule is Cc1nc2ccccc2c(C)c1S(C)(=O)=O. The van der Waals surface area contributed by atoms with Crippen LogP contribution in [0.15, 0.2) is 29.2 Å². The summed E-state index contributed by atoms with van der Waals surface area (Å²) in [6.07, 6.45) is 1.22. The third-order valence-electron chi connectivity index (χ3n) is 2.64. The van der Waals surface area contributed by atoms with Gasteiger partial charge in [-0.2, -0.15) is 0 Å². The van der Waals surface area contributed by atoms with E-state index in [1.807, 2.05) is 31.2 Å². The van der Waals surface area contributed by atoms with Crippen molar-refractivity contribution in [3.8, 4) is 0 Å². The normalized spacial score (nSPS) is 11.9. The molecule has 0 saturated heterocycles. The van der Waals surface area contributed by atoms with Gasteiger partial charge in [-0.1, -0.05) is 18.2 Å². The molecule has 2 rings (SSSR count). The van der Waals surface area contributed by atoms with Crippen molar-refractivity contribution in [2.45, 2.75) is 18.7 Å². The third kappa shape index (κ3) is 1.69. The van der Waals surface area contributed by atoms with Crippen LogP contribution >= 0.6 is 0 Å². The molecular weight excluding hydrogens is 222 g/mol. The van der Waals surface area contributed by atoms with Crippen LogP contribution in [0, 0.1) is 13.8 Å². The number of hydrogen-bond donors (Lipinski definition) is 0. The summed E-state index contributed by atoms with van der Waals surface area (Å²) in [5.41, 5.74) is 2.19. The quantitative estimate of drug-likeness (QED) is 0.761. The Morgan fingerprint density at radius 1 is 1.12 bits per heavy atom. The summed E-state index contributed by atoms with van der Waals surface area (Å²) in [5.74, 6) is 0. The van der Waals surface area contributed by atoms with E-state index in [4.69, 9.17) is 0 Å². The van der Waals surface area contributed by atoms with Crippen molar-refractivity contribution in [3.63, 3.8) is 0 Å². The molecule has 1 heterocycles. The average molecular weight is 235 g/mol. The van der Waals surface area contributed by atoms with Crippen LogP contribution < -0.4 is 0 Å². The molecule has 1 aromatic heterocycles. The van der Waals surface area contributed by atoms with Crippen LogP contribution in [0.3, 0.4) is 0 Å². The Kier molecular flexibility index (Phi) is 2.46. The second-order valence-corrected chi connectivity index (χ2v) is 5.89. The lowest BCUT2D eigenvalue weighted by Crippen LogP contribution is -2.05. The van der Waals surface area contributed by atoms with Crippen molar-refractivity contribution in [1.29, 1.82) is 0 Å². The lowest BCUT2D eigenvalue weighted by molar-refractivity contribution is 0.600. The van der Waals surface area contributed by atoms with Crippen molar-refractivity contribution in [2.24, 2.45) is 0 Å². The lowest BCUT2D eigenvalue weighted by Gasteiger charge is -2.10. The fraction of sp³-hybridized carbons (Fsp3) is 0.250. The molecule has 2 aromatic rings. The maximum Gasteiger partial charge on any atom is 0.177 e. The van der Waals surface area contributed by atoms with E-state index in [-0.39, 0.29) is 0 Å². The summed E-state index contributed by atoms with van der Waals surface area (Å²) in [6.45, 7) is 3.56. The molecule has 0 aliphatic carbocycles. The maximum absolute atomic E-state index is 11.7. The molecule has 0 saturated carbocycles. The number of benzene rings is 1. The number of para-hydroxylation sites is 1. The van der Waals surface area contributed by atoms with Crippen LogP contribution in [0.1, 0.15) is 11.3 Å². The molecule has 84 valence electrons. The van der Waals surface area contributed by atoms with E-state index in [1.165, 1.54) is 6.26 Å². The zero-order valence-corrected chi connectivity index (χ0v) is 10.3. The van der Waals surface area contributed by atoms with Crippen LogP contribution in [0.4, 0.5) is 0 Å². The number of hydrogen-bond acceptors (Lipinski definition) is 3. The minimum Gasteiger partial charge on any atom is -0.252 e. The van der Waals surface area contributed by atoms with E-state index in [0.29, 0.717) is 10.6 Å². The molecule has 1 aromatic carbocycles. The summed E-state index contributed by atoms with van der Waals surface area (Å²) in [4.78, 5) is 4.68. The van der Waals surface area contributed by atoms with Gasteiger partial charge in [0.2, 0.25) is 0 Å². The van der Waals surface area contributed by atoms with Gasteiger partial charge in [-0.3, -0.25) is 4.98 Å². The van der Waals surface area contributed by atoms with Gasteiger partial charge >= 0.3 is 0 Å². The molecular formula is C12H13NO2S. The van der Waals surface area contributed by atoms with Crippen LogP contribution in [-0.2, 0) is 9.84 Å². The molecule has 0 bridgehead atoms. The van der Waals surface area contributed by atoms with Gasteiger partial charge in [0, 0.05) is 11.6 Å². The van der Waals surface area contributed by atoms with E-state index in [0.717, 1.165) is 16.5 Å². The van der Waals surface area contributed by atoms with Gasteiger partial charge in [0.05, 0.1) is 16.1 Å². The Hall–Kier alpha value is -1.42. The van der Waals surface area contributed by atoms with E-state index in [2.05, 4.69) is 4.98 Å². The summed E-state index contributed by atoms with van der Waals surface area (Å²) in [7, 11) is -3.22. The number of pyridine rings is 1. The molecule has 0 fully saturated rings. The van der Waals surface area contributed by atoms with E-state index in [9.17, 15) is 8.42 Å². The monoisotopic (exact) mass is 235 g/mol. The van der Waals surface area contributed by atoms with Gasteiger partial charge in [-0.15, -0.1) is 0 Å². The predicted molar refractivity (Wildman–Crippen MR) is 64.3 cm³/mol. The number of fused-ring (bicyclic) bond motifs is 1. The van der Waals surface area contributed by atoms with Gasteiger partial charge in [-0.05, 0) is 25.5 Å². The second-order valence-electron chi connectivity index (χ2n) is 3.94. The number of aromatic nitrogens is 1. The van der Waals surface area contributed by atoms with E-state index >= 15 is 0 Å². The average Bonchev–Trinajstić information content (AvgIpc) is 2.15. The topological polar surface area (TPSA) is 47.0 Å². The van der Waals surface area contributed by atoms with Gasteiger partial charge in [0.1, 0.15) is 0 Å². The van der Waals surface area contributed by atoms with Crippen LogP contribution in [0.25, 0.3) is 10.9 Å². The molecule has 0 aliphatic heterocycles. The van der Waals surface area contributed by atoms with Gasteiger partial charge in [0.15, 0.2) is 9.84 Å². The highest BCUT2D eigenvalue weighted by Gasteiger charge is 2.17. The second kappa shape index (κ2) is 3.56. The fourth-order valence-corrected chi connectivity index (χ4v) is 3.31. The van der Waals surface area contributed by atoms with Crippen molar-refractivity contribution < 1.29 is 8.42 Å². The largest absolute Gasteiger partial charge is 0.252 e. The highest BCUT2D eigenvalue weighted by Crippen LogP contribution is 2.25. The van der Waals surface area contributed by atoms with Crippen LogP contribution in [0.5, 0.6) is 0 Å². The minimum absolute atomic E-state index is 0.353. The van der Waals surface area contributed by atoms with Crippen molar-refractivity contribution in [2.75, 3.05) is 6.26 Å². The number of nitrogens with zero attached hydrogens (tertiary/aromatic N) is 1. The van der Waals surface area contributed by atoms with E-state index < -0.39 is 9.84 Å². The number of sulfone groups is 1. The zero-order valence-electron chi connectivity index (χ0n) is 9.48. The number of rotatable bonds is 1. The summed E-state index contributed by atoms with van der Waals surface area (Å²) in [5, 5.41) is 0.897. The minimum atomic E-state index is -3.22. The molecule has 0 radical (unpaired) electrons. The molecule has 0 atom stereocenters. The molecule has 0 N–H and O–H groups in total. The molecule has 3 nitrogen and oxygen atoms in total. The fourth-order valence-electron chi connectivity index (χ4n) is 2.06. The highest BCUT2D eigenvalue weighted by atomic mass is 32.2. The Morgan fingerprint density at radius 2 is 1.75 bits per heavy atom. The smallest absolute Gasteiger partial charge is 0.177 e. The van der Waals surface area contributed by atoms with Crippen LogP contribution in [-0.4, -0.2) is 19.7 Å². The highest BCUT2D eigenvalue weighted by molar-refractivity contribution is 7.90. The molecule has 0 amide bonds. The molecule has 16 heavy (non-hydrogen) atoms. The lowest BCUT2D eigenvalue weighted by atomic mass is 10.1. The molecule has 4 heteroatoms. The third-order valence-corrected chi connectivity index (χ3v) is 3.98. The van der Waals surface area contributed by atoms with E-state index in [1.54, 1.807) is 6.92 Å². The van der Waals surface area contributed by atoms with Gasteiger partial charge < -0.3 is 0 Å².